The number of hydrogen-bond donors (Lipinski definition) is 0. The van der Waals surface area contributed by atoms with Crippen LogP contribution >= 0.6 is 0 Å². The van der Waals surface area contributed by atoms with E-state index in [2.05, 4.69) is 37.9 Å². The molecule has 0 saturated heterocycles. The summed E-state index contributed by atoms with van der Waals surface area (Å²) in [5.41, 5.74) is 0. The molecule has 0 spiro atoms. The summed E-state index contributed by atoms with van der Waals surface area (Å²) in [6.45, 7) is 0. The molecule has 0 fully saturated rings. The molecule has 0 aliphatic carbocycles. The Kier molecular flexibility index (Phi) is 2510. The van der Waals surface area contributed by atoms with Crippen LogP contribution in [0.3, 0.4) is 0 Å². The van der Waals surface area contributed by atoms with E-state index in [-0.39, 0.29) is 79.6 Å². The van der Waals surface area contributed by atoms with Crippen molar-refractivity contribution < 1.29 is 79.6 Å². The van der Waals surface area contributed by atoms with E-state index in [9.17, 15) is 0 Å². The van der Waals surface area contributed by atoms with Crippen LogP contribution in [0.1, 0.15) is 0 Å². The quantitative estimate of drug-likeness (QED) is 0.260. The first-order valence-corrected chi connectivity index (χ1v) is 2.51. The molecule has 104 valence electrons. The monoisotopic (exact) mass is 441 g/mol. The van der Waals surface area contributed by atoms with Gasteiger partial charge in [0.15, 0.2) is 0 Å². The molecule has 14 heteroatoms. The molecular weight excluding hydrogens is 427 g/mol. The van der Waals surface area contributed by atoms with Gasteiger partial charge < -0.3 is 76.2 Å². The van der Waals surface area contributed by atoms with Gasteiger partial charge >= 0.3 is 41.3 Å². The van der Waals surface area contributed by atoms with E-state index >= 15 is 0 Å². The second kappa shape index (κ2) is 363. The van der Waals surface area contributed by atoms with Crippen LogP contribution in [0.15, 0.2) is 0 Å². The SMILES string of the molecule is N#C[S-].N#C[S-].N#C[S-].O.O.O.O.O.O.O.[Pr+3]. The minimum absolute atomic E-state index is 0. The molecule has 0 unspecified atom stereocenters. The fourth-order valence-corrected chi connectivity index (χ4v) is 0. The van der Waals surface area contributed by atoms with Crippen LogP contribution in [0.5, 0.6) is 0 Å². The molecule has 0 heterocycles. The van der Waals surface area contributed by atoms with Crippen LogP contribution in [0.2, 0.25) is 0 Å². The summed E-state index contributed by atoms with van der Waals surface area (Å²) >= 11 is 11.1. The largest absolute Gasteiger partial charge is 3.00 e. The van der Waals surface area contributed by atoms with Crippen molar-refractivity contribution in [3.8, 4) is 16.2 Å². The fourth-order valence-electron chi connectivity index (χ4n) is 0. The first kappa shape index (κ1) is 117. The van der Waals surface area contributed by atoms with Gasteiger partial charge in [0.05, 0.1) is 0 Å². The zero-order valence-corrected chi connectivity index (χ0v) is 14.3. The van der Waals surface area contributed by atoms with Crippen molar-refractivity contribution in [1.82, 2.24) is 0 Å². The average molecular weight is 441 g/mol. The van der Waals surface area contributed by atoms with Crippen LogP contribution < -0.4 is 0 Å². The summed E-state index contributed by atoms with van der Waals surface area (Å²) in [7, 11) is 0. The minimum Gasteiger partial charge on any atom is -0.696 e. The van der Waals surface area contributed by atoms with Gasteiger partial charge in [-0.15, -0.1) is 0 Å². The Balaban J connectivity index is -0.00000000286. The molecule has 10 nitrogen and oxygen atoms in total. The zero-order chi connectivity index (χ0) is 8.12. The molecule has 0 bridgehead atoms. The van der Waals surface area contributed by atoms with E-state index < -0.39 is 0 Å². The Morgan fingerprint density at radius 3 is 0.471 bits per heavy atom. The van der Waals surface area contributed by atoms with E-state index in [0.717, 1.165) is 0 Å². The van der Waals surface area contributed by atoms with Crippen molar-refractivity contribution in [1.29, 1.82) is 15.8 Å². The van der Waals surface area contributed by atoms with Gasteiger partial charge in [0.1, 0.15) is 0 Å². The smallest absolute Gasteiger partial charge is 0.696 e. The van der Waals surface area contributed by atoms with Crippen LogP contribution in [0.25, 0.3) is 0 Å². The van der Waals surface area contributed by atoms with E-state index in [1.165, 1.54) is 16.2 Å². The van der Waals surface area contributed by atoms with Crippen LogP contribution in [0, 0.1) is 73.3 Å². The molecule has 17 heavy (non-hydrogen) atoms. The Morgan fingerprint density at radius 2 is 0.471 bits per heavy atom. The summed E-state index contributed by atoms with van der Waals surface area (Å²) in [5.74, 6) is 0. The average Bonchev–Trinajstić information content (AvgIpc) is 1.70. The summed E-state index contributed by atoms with van der Waals surface area (Å²) in [6, 6.07) is 0. The van der Waals surface area contributed by atoms with Gasteiger partial charge in [-0.3, -0.25) is 0 Å². The van der Waals surface area contributed by atoms with E-state index in [1.807, 2.05) is 0 Å². The van der Waals surface area contributed by atoms with Gasteiger partial charge in [-0.05, 0) is 0 Å². The van der Waals surface area contributed by atoms with E-state index in [0.29, 0.717) is 0 Å². The van der Waals surface area contributed by atoms with Crippen molar-refractivity contribution in [2.24, 2.45) is 0 Å². The molecule has 0 rings (SSSR count). The second-order valence-electron chi connectivity index (χ2n) is 0.274. The number of nitriles is 3. The van der Waals surface area contributed by atoms with Crippen molar-refractivity contribution in [3.63, 3.8) is 0 Å². The maximum absolute atomic E-state index is 7.13. The summed E-state index contributed by atoms with van der Waals surface area (Å²) in [5, 5.41) is 25.4. The van der Waals surface area contributed by atoms with E-state index in [4.69, 9.17) is 15.8 Å². The van der Waals surface area contributed by atoms with Crippen molar-refractivity contribution in [2.75, 3.05) is 0 Å². The Hall–Kier alpha value is 0.214. The molecule has 0 radical (unpaired) electrons. The first-order chi connectivity index (χ1) is 4.24. The molecule has 0 aliphatic rings. The normalized spacial score (nSPS) is 1.24. The van der Waals surface area contributed by atoms with Crippen molar-refractivity contribution >= 4 is 37.9 Å². The Labute approximate surface area is 148 Å². The topological polar surface area (TPSA) is 292 Å². The molecule has 0 saturated carbocycles. The Bertz CT molecular complexity index is 129. The Morgan fingerprint density at radius 1 is 0.471 bits per heavy atom. The summed E-state index contributed by atoms with van der Waals surface area (Å²) in [4.78, 5) is 0. The molecular formula is C3H14N3O7PrS3. The molecule has 0 aromatic carbocycles. The third kappa shape index (κ3) is 71800. The second-order valence-corrected chi connectivity index (χ2v) is 0.822. The van der Waals surface area contributed by atoms with Gasteiger partial charge in [0.2, 0.25) is 0 Å². The molecule has 14 N–H and O–H groups in total. The number of hydrogen-bond acceptors (Lipinski definition) is 6. The first-order valence-electron chi connectivity index (χ1n) is 1.28. The van der Waals surface area contributed by atoms with Gasteiger partial charge in [0.25, 0.3) is 0 Å². The maximum atomic E-state index is 7.13. The minimum atomic E-state index is 0. The predicted octanol–water partition coefficient (Wildman–Crippen LogP) is -5.73. The van der Waals surface area contributed by atoms with Gasteiger partial charge in [-0.25, -0.2) is 15.8 Å². The van der Waals surface area contributed by atoms with Gasteiger partial charge in [-0.1, -0.05) is 16.2 Å². The molecule has 0 aliphatic heterocycles. The zero-order valence-electron chi connectivity index (χ0n) is 8.14. The van der Waals surface area contributed by atoms with Crippen molar-refractivity contribution in [2.45, 2.75) is 0 Å². The van der Waals surface area contributed by atoms with Gasteiger partial charge in [-0.2, -0.15) is 0 Å². The number of nitrogens with zero attached hydrogens (tertiary/aromatic N) is 3. The van der Waals surface area contributed by atoms with E-state index in [1.54, 1.807) is 0 Å². The number of rotatable bonds is 0. The van der Waals surface area contributed by atoms with Crippen LogP contribution in [-0.2, 0) is 37.9 Å². The van der Waals surface area contributed by atoms with Crippen molar-refractivity contribution in [3.05, 3.63) is 0 Å². The summed E-state index contributed by atoms with van der Waals surface area (Å²) in [6.07, 6.45) is 0. The molecule has 0 aromatic rings. The van der Waals surface area contributed by atoms with Gasteiger partial charge in [0, 0.05) is 0 Å². The standard InChI is InChI=1S/3CHNS.7H2O.Pr/c3*2-1-3;;;;;;;;/h3*3H;7*1H2;/q;;;;;;;;;;+3/p-3. The maximum Gasteiger partial charge on any atom is 3.00 e. The molecule has 0 aromatic heterocycles. The van der Waals surface area contributed by atoms with Crippen LogP contribution in [-0.4, -0.2) is 38.3 Å². The molecule has 0 atom stereocenters. The molecule has 0 amide bonds. The third-order valence-electron chi connectivity index (χ3n) is 0. The predicted molar refractivity (Wildman–Crippen MR) is 64.2 cm³/mol. The summed E-state index contributed by atoms with van der Waals surface area (Å²) < 4.78 is 0. The number of thiocyanates is 3. The van der Waals surface area contributed by atoms with Crippen LogP contribution in [0.4, 0.5) is 0 Å². The fraction of sp³-hybridized carbons (Fsp3) is 0. The third-order valence-corrected chi connectivity index (χ3v) is 0.